The van der Waals surface area contributed by atoms with Crippen molar-refractivity contribution in [3.8, 4) is 0 Å². The molecule has 0 aliphatic heterocycles. The van der Waals surface area contributed by atoms with Crippen LogP contribution in [0, 0.1) is 28.6 Å². The van der Waals surface area contributed by atoms with Crippen LogP contribution >= 0.6 is 0 Å². The molecule has 0 amide bonds. The van der Waals surface area contributed by atoms with Crippen molar-refractivity contribution in [1.82, 2.24) is 0 Å². The summed E-state index contributed by atoms with van der Waals surface area (Å²) in [4.78, 5) is 37.6. The maximum atomic E-state index is 13.3. The SMILES string of the molecule is C[C@]12CCC(=O)C=C1[C@@H](O)C[C@@H]1[C@@H]2C(=O)C[C@@]2(C)[C@H]1CC[C@]2(O)C(=O)CO. The van der Waals surface area contributed by atoms with Crippen molar-refractivity contribution >= 4 is 17.3 Å². The van der Waals surface area contributed by atoms with Gasteiger partial charge in [0.15, 0.2) is 11.6 Å². The highest BCUT2D eigenvalue weighted by Crippen LogP contribution is 2.66. The molecule has 0 radical (unpaired) electrons. The molecule has 4 aliphatic rings. The predicted molar refractivity (Wildman–Crippen MR) is 95.5 cm³/mol. The normalized spacial score (nSPS) is 49.1. The molecule has 3 saturated carbocycles. The Morgan fingerprint density at radius 3 is 2.63 bits per heavy atom. The summed E-state index contributed by atoms with van der Waals surface area (Å²) < 4.78 is 0. The van der Waals surface area contributed by atoms with Gasteiger partial charge in [-0.15, -0.1) is 0 Å². The van der Waals surface area contributed by atoms with Crippen LogP contribution in [0.5, 0.6) is 0 Å². The van der Waals surface area contributed by atoms with Gasteiger partial charge in [-0.3, -0.25) is 14.4 Å². The molecule has 148 valence electrons. The zero-order valence-electron chi connectivity index (χ0n) is 15.9. The van der Waals surface area contributed by atoms with Crippen molar-refractivity contribution in [3.63, 3.8) is 0 Å². The Labute approximate surface area is 158 Å². The molecule has 0 spiro atoms. The Kier molecular flexibility index (Phi) is 4.09. The lowest BCUT2D eigenvalue weighted by atomic mass is 9.45. The molecule has 4 rings (SSSR count). The van der Waals surface area contributed by atoms with Crippen LogP contribution in [0.2, 0.25) is 0 Å². The minimum absolute atomic E-state index is 0.000497. The van der Waals surface area contributed by atoms with Crippen LogP contribution in [0.3, 0.4) is 0 Å². The third-order valence-corrected chi connectivity index (χ3v) is 8.43. The Hall–Kier alpha value is -1.37. The van der Waals surface area contributed by atoms with Gasteiger partial charge in [-0.25, -0.2) is 0 Å². The van der Waals surface area contributed by atoms with Gasteiger partial charge in [0.05, 0.1) is 6.10 Å². The first-order chi connectivity index (χ1) is 12.6. The molecular weight excluding hydrogens is 348 g/mol. The molecule has 6 nitrogen and oxygen atoms in total. The Morgan fingerprint density at radius 2 is 1.96 bits per heavy atom. The molecule has 0 aromatic carbocycles. The highest BCUT2D eigenvalue weighted by Gasteiger charge is 2.69. The molecule has 3 N–H and O–H groups in total. The number of fused-ring (bicyclic) bond motifs is 5. The number of hydrogen-bond acceptors (Lipinski definition) is 6. The van der Waals surface area contributed by atoms with E-state index in [0.717, 1.165) is 0 Å². The van der Waals surface area contributed by atoms with Crippen LogP contribution in [-0.4, -0.2) is 51.0 Å². The third-order valence-electron chi connectivity index (χ3n) is 8.43. The van der Waals surface area contributed by atoms with E-state index in [1.807, 2.05) is 6.92 Å². The van der Waals surface area contributed by atoms with Crippen LogP contribution in [0.1, 0.15) is 52.4 Å². The van der Waals surface area contributed by atoms with Crippen LogP contribution in [0.15, 0.2) is 11.6 Å². The molecule has 0 bridgehead atoms. The second kappa shape index (κ2) is 5.82. The first-order valence-electron chi connectivity index (χ1n) is 9.91. The minimum Gasteiger partial charge on any atom is -0.389 e. The molecule has 0 aromatic heterocycles. The number of aliphatic hydroxyl groups excluding tert-OH is 2. The van der Waals surface area contributed by atoms with Crippen molar-refractivity contribution < 1.29 is 29.7 Å². The zero-order chi connectivity index (χ0) is 19.8. The molecule has 7 atom stereocenters. The van der Waals surface area contributed by atoms with Gasteiger partial charge in [0.1, 0.15) is 18.0 Å². The maximum Gasteiger partial charge on any atom is 0.190 e. The number of carbonyl (C=O) groups excluding carboxylic acids is 3. The fourth-order valence-electron chi connectivity index (χ4n) is 7.03. The van der Waals surface area contributed by atoms with Crippen LogP contribution < -0.4 is 0 Å². The van der Waals surface area contributed by atoms with Crippen molar-refractivity contribution in [1.29, 1.82) is 0 Å². The van der Waals surface area contributed by atoms with E-state index in [0.29, 0.717) is 31.3 Å². The highest BCUT2D eigenvalue weighted by molar-refractivity contribution is 5.94. The fourth-order valence-corrected chi connectivity index (χ4v) is 7.03. The molecule has 0 aromatic rings. The first-order valence-corrected chi connectivity index (χ1v) is 9.91. The standard InChI is InChI=1S/C21H28O6/c1-19-5-3-11(23)7-14(19)15(24)8-12-13-4-6-21(27,17(26)10-22)20(13,2)9-16(25)18(12)19/h7,12-13,15,18,22,24,27H,3-6,8-10H2,1-2H3/t12-,13-,15-,18+,19-,20-,21-/m0/s1. The predicted octanol–water partition coefficient (Wildman–Crippen LogP) is 0.961. The second-order valence-corrected chi connectivity index (χ2v) is 9.52. The van der Waals surface area contributed by atoms with Gasteiger partial charge >= 0.3 is 0 Å². The van der Waals surface area contributed by atoms with E-state index >= 15 is 0 Å². The lowest BCUT2D eigenvalue weighted by molar-refractivity contribution is -0.172. The van der Waals surface area contributed by atoms with Crippen molar-refractivity contribution in [2.75, 3.05) is 6.61 Å². The molecular formula is C21H28O6. The zero-order valence-corrected chi connectivity index (χ0v) is 15.9. The van der Waals surface area contributed by atoms with Gasteiger partial charge in [0.2, 0.25) is 0 Å². The van der Waals surface area contributed by atoms with E-state index in [2.05, 4.69) is 0 Å². The van der Waals surface area contributed by atoms with Crippen LogP contribution in [-0.2, 0) is 14.4 Å². The number of Topliss-reactive ketones (excluding diaryl/α,β-unsaturated/α-hetero) is 2. The lowest BCUT2D eigenvalue weighted by Gasteiger charge is -2.58. The minimum atomic E-state index is -1.70. The van der Waals surface area contributed by atoms with Crippen molar-refractivity contribution in [2.24, 2.45) is 28.6 Å². The number of aliphatic hydroxyl groups is 3. The molecule has 0 heterocycles. The number of hydrogen-bond donors (Lipinski definition) is 3. The van der Waals surface area contributed by atoms with Gasteiger partial charge < -0.3 is 15.3 Å². The van der Waals surface area contributed by atoms with E-state index in [9.17, 15) is 29.7 Å². The highest BCUT2D eigenvalue weighted by atomic mass is 16.3. The van der Waals surface area contributed by atoms with E-state index in [-0.39, 0.29) is 42.2 Å². The molecule has 4 aliphatic carbocycles. The van der Waals surface area contributed by atoms with Crippen molar-refractivity contribution in [2.45, 2.75) is 64.1 Å². The number of carbonyl (C=O) groups is 3. The quantitative estimate of drug-likeness (QED) is 0.662. The molecule has 0 saturated heterocycles. The van der Waals surface area contributed by atoms with Gasteiger partial charge in [-0.05, 0) is 49.2 Å². The Morgan fingerprint density at radius 1 is 1.26 bits per heavy atom. The van der Waals surface area contributed by atoms with Gasteiger partial charge in [-0.1, -0.05) is 13.8 Å². The summed E-state index contributed by atoms with van der Waals surface area (Å²) in [5.41, 5.74) is -2.49. The topological polar surface area (TPSA) is 112 Å². The summed E-state index contributed by atoms with van der Waals surface area (Å²) in [5, 5.41) is 31.3. The summed E-state index contributed by atoms with van der Waals surface area (Å²) in [6.07, 6.45) is 2.96. The summed E-state index contributed by atoms with van der Waals surface area (Å²) in [6.45, 7) is 3.03. The van der Waals surface area contributed by atoms with Crippen LogP contribution in [0.4, 0.5) is 0 Å². The lowest BCUT2D eigenvalue weighted by Crippen LogP contribution is -2.62. The second-order valence-electron chi connectivity index (χ2n) is 9.52. The summed E-state index contributed by atoms with van der Waals surface area (Å²) >= 11 is 0. The monoisotopic (exact) mass is 376 g/mol. The third kappa shape index (κ3) is 2.26. The van der Waals surface area contributed by atoms with Crippen LogP contribution in [0.25, 0.3) is 0 Å². The number of rotatable bonds is 2. The largest absolute Gasteiger partial charge is 0.389 e. The van der Waals surface area contributed by atoms with E-state index < -0.39 is 34.9 Å². The first kappa shape index (κ1) is 19.0. The molecule has 3 fully saturated rings. The number of ketones is 3. The van der Waals surface area contributed by atoms with Gasteiger partial charge in [0, 0.05) is 29.6 Å². The summed E-state index contributed by atoms with van der Waals surface area (Å²) in [7, 11) is 0. The molecule has 27 heavy (non-hydrogen) atoms. The van der Waals surface area contributed by atoms with Crippen molar-refractivity contribution in [3.05, 3.63) is 11.6 Å². The smallest absolute Gasteiger partial charge is 0.190 e. The average molecular weight is 376 g/mol. The van der Waals surface area contributed by atoms with Gasteiger partial charge in [-0.2, -0.15) is 0 Å². The summed E-state index contributed by atoms with van der Waals surface area (Å²) in [5.74, 6) is -1.14. The summed E-state index contributed by atoms with van der Waals surface area (Å²) in [6, 6.07) is 0. The Bertz CT molecular complexity index is 756. The molecule has 0 unspecified atom stereocenters. The maximum absolute atomic E-state index is 13.3. The Balaban J connectivity index is 1.78. The van der Waals surface area contributed by atoms with E-state index in [1.165, 1.54) is 6.08 Å². The average Bonchev–Trinajstić information content (AvgIpc) is 2.87. The fraction of sp³-hybridized carbons (Fsp3) is 0.762. The molecule has 6 heteroatoms. The van der Waals surface area contributed by atoms with Gasteiger partial charge in [0.25, 0.3) is 0 Å². The van der Waals surface area contributed by atoms with E-state index in [1.54, 1.807) is 6.92 Å². The van der Waals surface area contributed by atoms with E-state index in [4.69, 9.17) is 0 Å².